The first-order valence-corrected chi connectivity index (χ1v) is 12.9. The highest BCUT2D eigenvalue weighted by Crippen LogP contribution is 2.41. The van der Waals surface area contributed by atoms with Crippen LogP contribution in [-0.2, 0) is 17.1 Å². The van der Waals surface area contributed by atoms with Crippen molar-refractivity contribution in [3.05, 3.63) is 70.0 Å². The van der Waals surface area contributed by atoms with E-state index in [1.165, 1.54) is 26.1 Å². The van der Waals surface area contributed by atoms with Crippen LogP contribution in [-0.4, -0.2) is 56.2 Å². The van der Waals surface area contributed by atoms with Crippen molar-refractivity contribution >= 4 is 6.03 Å². The minimum atomic E-state index is -5.00. The number of urea groups is 1. The third-order valence-corrected chi connectivity index (χ3v) is 7.40. The number of hydrogen-bond donors (Lipinski definition) is 1. The summed E-state index contributed by atoms with van der Waals surface area (Å²) in [7, 11) is 2.96. The van der Waals surface area contributed by atoms with Crippen molar-refractivity contribution in [3.63, 3.8) is 0 Å². The molecule has 3 rings (SSSR count). The minimum absolute atomic E-state index is 0.0512. The van der Waals surface area contributed by atoms with Gasteiger partial charge in [-0.1, -0.05) is 6.07 Å². The zero-order chi connectivity index (χ0) is 29.8. The summed E-state index contributed by atoms with van der Waals surface area (Å²) in [5, 5.41) is 3.35. The van der Waals surface area contributed by atoms with E-state index in [1.54, 1.807) is 25.0 Å². The molecule has 1 aliphatic heterocycles. The molecule has 1 heterocycles. The molecule has 1 saturated heterocycles. The fraction of sp³-hybridized carbons (Fsp3) is 0.536. The van der Waals surface area contributed by atoms with Crippen molar-refractivity contribution in [1.29, 1.82) is 0 Å². The van der Waals surface area contributed by atoms with Gasteiger partial charge < -0.3 is 19.9 Å². The van der Waals surface area contributed by atoms with Crippen molar-refractivity contribution in [2.75, 3.05) is 40.4 Å². The largest absolute Gasteiger partial charge is 0.416 e. The van der Waals surface area contributed by atoms with Gasteiger partial charge in [0.05, 0.1) is 23.2 Å². The normalized spacial score (nSPS) is 18.7. The van der Waals surface area contributed by atoms with E-state index in [0.717, 1.165) is 16.9 Å². The third-order valence-electron chi connectivity index (χ3n) is 7.40. The Morgan fingerprint density at radius 2 is 1.73 bits per heavy atom. The van der Waals surface area contributed by atoms with E-state index in [-0.39, 0.29) is 17.5 Å². The molecule has 0 unspecified atom stereocenters. The van der Waals surface area contributed by atoms with Gasteiger partial charge in [-0.05, 0) is 86.2 Å². The van der Waals surface area contributed by atoms with Gasteiger partial charge in [0.25, 0.3) is 0 Å². The molecule has 0 aromatic heterocycles. The highest BCUT2D eigenvalue weighted by Gasteiger charge is 2.41. The number of aryl methyl sites for hydroxylation is 1. The van der Waals surface area contributed by atoms with Crippen molar-refractivity contribution in [3.8, 4) is 0 Å². The molecule has 12 heteroatoms. The van der Waals surface area contributed by atoms with E-state index in [2.05, 4.69) is 5.32 Å². The number of carbonyl (C=O) groups is 1. The topological polar surface area (TPSA) is 44.8 Å². The monoisotopic (exact) mass is 577 g/mol. The van der Waals surface area contributed by atoms with Gasteiger partial charge in [0.2, 0.25) is 0 Å². The van der Waals surface area contributed by atoms with Crippen LogP contribution in [0.3, 0.4) is 0 Å². The zero-order valence-corrected chi connectivity index (χ0v) is 22.8. The average molecular weight is 578 g/mol. The fourth-order valence-corrected chi connectivity index (χ4v) is 5.12. The summed E-state index contributed by atoms with van der Waals surface area (Å²) in [4.78, 5) is 16.5. The third kappa shape index (κ3) is 7.45. The van der Waals surface area contributed by atoms with E-state index < -0.39 is 47.4 Å². The van der Waals surface area contributed by atoms with Gasteiger partial charge >= 0.3 is 18.4 Å². The quantitative estimate of drug-likeness (QED) is 0.259. The number of halogens is 7. The number of nitrogens with zero attached hydrogens (tertiary/aromatic N) is 2. The van der Waals surface area contributed by atoms with Gasteiger partial charge in [0, 0.05) is 33.9 Å². The summed E-state index contributed by atoms with van der Waals surface area (Å²) in [5.74, 6) is -0.480. The lowest BCUT2D eigenvalue weighted by Crippen LogP contribution is -2.43. The van der Waals surface area contributed by atoms with Crippen LogP contribution in [0, 0.1) is 18.7 Å². The summed E-state index contributed by atoms with van der Waals surface area (Å²) in [6.07, 6.45) is -8.61. The van der Waals surface area contributed by atoms with Crippen molar-refractivity contribution < 1.29 is 40.3 Å². The predicted octanol–water partition coefficient (Wildman–Crippen LogP) is 6.97. The van der Waals surface area contributed by atoms with E-state index in [4.69, 9.17) is 4.74 Å². The fourth-order valence-electron chi connectivity index (χ4n) is 5.12. The first-order chi connectivity index (χ1) is 18.6. The van der Waals surface area contributed by atoms with Crippen LogP contribution in [0.4, 0.5) is 35.5 Å². The molecular weight excluding hydrogens is 543 g/mol. The molecule has 0 bridgehead atoms. The molecule has 2 aromatic rings. The smallest absolute Gasteiger partial charge is 0.385 e. The average Bonchev–Trinajstić information content (AvgIpc) is 3.29. The molecule has 5 nitrogen and oxygen atoms in total. The van der Waals surface area contributed by atoms with Gasteiger partial charge in [0.15, 0.2) is 0 Å². The predicted molar refractivity (Wildman–Crippen MR) is 136 cm³/mol. The first-order valence-electron chi connectivity index (χ1n) is 12.9. The number of nitrogens with one attached hydrogen (secondary N) is 1. The maximum Gasteiger partial charge on any atom is 0.416 e. The second-order valence-corrected chi connectivity index (χ2v) is 10.1. The zero-order valence-electron chi connectivity index (χ0n) is 22.8. The summed E-state index contributed by atoms with van der Waals surface area (Å²) in [6, 6.07) is 3.52. The van der Waals surface area contributed by atoms with Crippen LogP contribution < -0.4 is 5.32 Å². The number of likely N-dealkylation sites (tertiary alicyclic amines) is 1. The number of rotatable bonds is 9. The Hall–Kier alpha value is -2.86. The van der Waals surface area contributed by atoms with E-state index >= 15 is 0 Å². The van der Waals surface area contributed by atoms with Crippen LogP contribution in [0.1, 0.15) is 59.7 Å². The summed E-state index contributed by atoms with van der Waals surface area (Å²) in [5.41, 5.74) is -1.80. The summed E-state index contributed by atoms with van der Waals surface area (Å²) < 4.78 is 99.5. The molecule has 2 amide bonds. The Balaban J connectivity index is 1.91. The molecule has 3 atom stereocenters. The lowest BCUT2D eigenvalue weighted by molar-refractivity contribution is -0.143. The highest BCUT2D eigenvalue weighted by atomic mass is 19.4. The number of methoxy groups -OCH3 is 1. The first kappa shape index (κ1) is 31.7. The Labute approximate surface area is 229 Å². The van der Waals surface area contributed by atoms with Crippen LogP contribution in [0.15, 0.2) is 36.4 Å². The number of ether oxygens (including phenoxy) is 1. The van der Waals surface area contributed by atoms with Crippen LogP contribution in [0.25, 0.3) is 0 Å². The molecule has 222 valence electrons. The summed E-state index contributed by atoms with van der Waals surface area (Å²) >= 11 is 0. The van der Waals surface area contributed by atoms with E-state index in [9.17, 15) is 35.5 Å². The van der Waals surface area contributed by atoms with Crippen LogP contribution in [0.5, 0.6) is 0 Å². The molecule has 0 spiro atoms. The van der Waals surface area contributed by atoms with Crippen LogP contribution in [0.2, 0.25) is 0 Å². The van der Waals surface area contributed by atoms with Gasteiger partial charge in [-0.15, -0.1) is 0 Å². The maximum absolute atomic E-state index is 13.9. The standard InChI is InChI=1S/C28H34F7N3O2/c1-17-12-23(29)6-7-24(17)25-19(16-36-9-5-11-40-4)8-10-38(25)26(39)37(3)18(2)20-13-21(27(30,31)32)15-22(14-20)28(33,34)35/h6-7,12-15,18-19,25,36H,5,8-11,16H2,1-4H3/t18-,19+,25-/m1/s1. The van der Waals surface area contributed by atoms with E-state index in [1.807, 2.05) is 0 Å². The number of alkyl halides is 6. The van der Waals surface area contributed by atoms with Gasteiger partial charge in [-0.3, -0.25) is 0 Å². The Morgan fingerprint density at radius 1 is 1.10 bits per heavy atom. The number of amides is 2. The van der Waals surface area contributed by atoms with Gasteiger partial charge in [-0.25, -0.2) is 9.18 Å². The molecule has 0 saturated carbocycles. The number of benzene rings is 2. The Morgan fingerprint density at radius 3 is 2.27 bits per heavy atom. The molecule has 2 aromatic carbocycles. The second kappa shape index (κ2) is 12.8. The molecule has 0 radical (unpaired) electrons. The number of carbonyl (C=O) groups excluding carboxylic acids is 1. The van der Waals surface area contributed by atoms with Gasteiger partial charge in [-0.2, -0.15) is 26.3 Å². The second-order valence-electron chi connectivity index (χ2n) is 10.1. The van der Waals surface area contributed by atoms with E-state index in [0.29, 0.717) is 50.4 Å². The SMILES string of the molecule is COCCCNC[C@@H]1CCN(C(=O)N(C)[C@H](C)c2cc(C(F)(F)F)cc(C(F)(F)F)c2)[C@H]1c1ccc(F)cc1C. The molecular formula is C28H34F7N3O2. The number of hydrogen-bond acceptors (Lipinski definition) is 3. The molecule has 1 aliphatic rings. The maximum atomic E-state index is 13.9. The van der Waals surface area contributed by atoms with Crippen molar-refractivity contribution in [2.45, 2.75) is 51.1 Å². The summed E-state index contributed by atoms with van der Waals surface area (Å²) in [6.45, 7) is 5.25. The lowest BCUT2D eigenvalue weighted by atomic mass is 9.90. The van der Waals surface area contributed by atoms with Crippen molar-refractivity contribution in [1.82, 2.24) is 15.1 Å². The Kier molecular flexibility index (Phi) is 10.1. The lowest BCUT2D eigenvalue weighted by Gasteiger charge is -2.35. The minimum Gasteiger partial charge on any atom is -0.385 e. The molecule has 1 fully saturated rings. The molecule has 0 aliphatic carbocycles. The molecule has 40 heavy (non-hydrogen) atoms. The molecule has 1 N–H and O–H groups in total. The van der Waals surface area contributed by atoms with Gasteiger partial charge in [0.1, 0.15) is 5.82 Å². The van der Waals surface area contributed by atoms with Crippen LogP contribution >= 0.6 is 0 Å². The highest BCUT2D eigenvalue weighted by molar-refractivity contribution is 5.76. The van der Waals surface area contributed by atoms with Crippen molar-refractivity contribution in [2.24, 2.45) is 5.92 Å². The Bertz CT molecular complexity index is 1140.